The van der Waals surface area contributed by atoms with Crippen LogP contribution in [-0.4, -0.2) is 31.3 Å². The lowest BCUT2D eigenvalue weighted by molar-refractivity contribution is 0.0527. The second-order valence-electron chi connectivity index (χ2n) is 4.61. The Morgan fingerprint density at radius 1 is 1.58 bits per heavy atom. The van der Waals surface area contributed by atoms with Crippen molar-refractivity contribution < 1.29 is 14.3 Å². The van der Waals surface area contributed by atoms with E-state index in [-0.39, 0.29) is 18.1 Å². The predicted molar refractivity (Wildman–Crippen MR) is 74.3 cm³/mol. The van der Waals surface area contributed by atoms with Crippen molar-refractivity contribution in [3.05, 3.63) is 23.8 Å². The third-order valence-corrected chi connectivity index (χ3v) is 3.30. The fraction of sp³-hybridized carbons (Fsp3) is 0.500. The Balaban J connectivity index is 2.24. The molecule has 1 heterocycles. The van der Waals surface area contributed by atoms with Crippen LogP contribution in [0.1, 0.15) is 30.6 Å². The van der Waals surface area contributed by atoms with E-state index < -0.39 is 0 Å². The normalized spacial score (nSPS) is 22.2. The predicted octanol–water partition coefficient (Wildman–Crippen LogP) is 2.03. The van der Waals surface area contributed by atoms with Crippen LogP contribution in [0.25, 0.3) is 0 Å². The van der Waals surface area contributed by atoms with Crippen LogP contribution < -0.4 is 11.1 Å². The largest absolute Gasteiger partial charge is 0.462 e. The van der Waals surface area contributed by atoms with Gasteiger partial charge < -0.3 is 20.5 Å². The number of anilines is 2. The number of carbonyl (C=O) groups excluding carboxylic acids is 1. The second-order valence-corrected chi connectivity index (χ2v) is 4.61. The first kappa shape index (κ1) is 13.7. The highest BCUT2D eigenvalue weighted by atomic mass is 16.5. The minimum absolute atomic E-state index is 0.106. The second kappa shape index (κ2) is 5.93. The molecule has 0 aromatic heterocycles. The van der Waals surface area contributed by atoms with Crippen LogP contribution in [0, 0.1) is 0 Å². The molecular weight excluding hydrogens is 244 g/mol. The van der Waals surface area contributed by atoms with Gasteiger partial charge in [-0.15, -0.1) is 0 Å². The molecule has 2 unspecified atom stereocenters. The van der Waals surface area contributed by atoms with E-state index in [2.05, 4.69) is 5.32 Å². The molecule has 104 valence electrons. The summed E-state index contributed by atoms with van der Waals surface area (Å²) in [6.45, 7) is 4.86. The molecule has 0 bridgehead atoms. The summed E-state index contributed by atoms with van der Waals surface area (Å²) in [5, 5.41) is 3.32. The smallest absolute Gasteiger partial charge is 0.340 e. The van der Waals surface area contributed by atoms with Gasteiger partial charge in [0.1, 0.15) is 0 Å². The van der Waals surface area contributed by atoms with Crippen molar-refractivity contribution in [1.82, 2.24) is 0 Å². The molecule has 19 heavy (non-hydrogen) atoms. The lowest BCUT2D eigenvalue weighted by atomic mass is 10.1. The van der Waals surface area contributed by atoms with E-state index in [1.165, 1.54) is 0 Å². The molecule has 2 rings (SSSR count). The number of carbonyl (C=O) groups is 1. The Kier molecular flexibility index (Phi) is 4.27. The average Bonchev–Trinajstić information content (AvgIpc) is 2.78. The summed E-state index contributed by atoms with van der Waals surface area (Å²) in [6.07, 6.45) is 1.01. The van der Waals surface area contributed by atoms with E-state index in [0.29, 0.717) is 23.5 Å². The molecule has 3 N–H and O–H groups in total. The van der Waals surface area contributed by atoms with Gasteiger partial charge >= 0.3 is 5.97 Å². The standard InChI is InChI=1S/C14H20N2O3/c1-3-18-14(17)10-5-4-6-11(15)13(10)16-12-7-8-19-9(12)2/h4-6,9,12,16H,3,7-8,15H2,1-2H3. The minimum atomic E-state index is -0.358. The molecule has 0 amide bonds. The Bertz CT molecular complexity index is 462. The maximum absolute atomic E-state index is 11.9. The van der Waals surface area contributed by atoms with E-state index in [1.807, 2.05) is 6.92 Å². The molecule has 0 spiro atoms. The summed E-state index contributed by atoms with van der Waals surface area (Å²) >= 11 is 0. The first-order chi connectivity index (χ1) is 9.13. The Labute approximate surface area is 113 Å². The molecule has 5 nitrogen and oxygen atoms in total. The van der Waals surface area contributed by atoms with Crippen LogP contribution in [0.3, 0.4) is 0 Å². The van der Waals surface area contributed by atoms with Gasteiger partial charge in [-0.1, -0.05) is 6.07 Å². The highest BCUT2D eigenvalue weighted by Gasteiger charge is 2.26. The molecule has 1 aromatic carbocycles. The summed E-state index contributed by atoms with van der Waals surface area (Å²) in [7, 11) is 0. The van der Waals surface area contributed by atoms with Crippen molar-refractivity contribution in [2.24, 2.45) is 0 Å². The van der Waals surface area contributed by atoms with Crippen molar-refractivity contribution in [2.75, 3.05) is 24.3 Å². The zero-order chi connectivity index (χ0) is 13.8. The molecule has 1 saturated heterocycles. The fourth-order valence-corrected chi connectivity index (χ4v) is 2.22. The zero-order valence-electron chi connectivity index (χ0n) is 11.3. The van der Waals surface area contributed by atoms with Crippen LogP contribution >= 0.6 is 0 Å². The Morgan fingerprint density at radius 3 is 3.00 bits per heavy atom. The maximum atomic E-state index is 11.9. The molecular formula is C14H20N2O3. The molecule has 0 aliphatic carbocycles. The van der Waals surface area contributed by atoms with E-state index in [1.54, 1.807) is 25.1 Å². The number of rotatable bonds is 4. The van der Waals surface area contributed by atoms with Crippen molar-refractivity contribution in [2.45, 2.75) is 32.4 Å². The van der Waals surface area contributed by atoms with Gasteiger partial charge in [0.2, 0.25) is 0 Å². The molecule has 1 fully saturated rings. The number of benzene rings is 1. The molecule has 0 radical (unpaired) electrons. The monoisotopic (exact) mass is 264 g/mol. The van der Waals surface area contributed by atoms with Crippen LogP contribution in [-0.2, 0) is 9.47 Å². The van der Waals surface area contributed by atoms with E-state index >= 15 is 0 Å². The number of hydrogen-bond acceptors (Lipinski definition) is 5. The summed E-state index contributed by atoms with van der Waals surface area (Å²) < 4.78 is 10.6. The quantitative estimate of drug-likeness (QED) is 0.643. The van der Waals surface area contributed by atoms with Gasteiger partial charge in [-0.25, -0.2) is 4.79 Å². The lowest BCUT2D eigenvalue weighted by Gasteiger charge is -2.20. The topological polar surface area (TPSA) is 73.6 Å². The highest BCUT2D eigenvalue weighted by molar-refractivity contribution is 5.98. The van der Waals surface area contributed by atoms with Crippen molar-refractivity contribution in [3.8, 4) is 0 Å². The number of para-hydroxylation sites is 1. The van der Waals surface area contributed by atoms with Crippen LogP contribution in [0.2, 0.25) is 0 Å². The summed E-state index contributed by atoms with van der Waals surface area (Å²) in [6, 6.07) is 5.40. The third kappa shape index (κ3) is 2.98. The van der Waals surface area contributed by atoms with Crippen LogP contribution in [0.15, 0.2) is 18.2 Å². The van der Waals surface area contributed by atoms with E-state index in [4.69, 9.17) is 15.2 Å². The lowest BCUT2D eigenvalue weighted by Crippen LogP contribution is -2.28. The van der Waals surface area contributed by atoms with Crippen LogP contribution in [0.5, 0.6) is 0 Å². The maximum Gasteiger partial charge on any atom is 0.340 e. The van der Waals surface area contributed by atoms with Crippen molar-refractivity contribution in [1.29, 1.82) is 0 Å². The molecule has 1 aromatic rings. The number of ether oxygens (including phenoxy) is 2. The molecule has 0 saturated carbocycles. The fourth-order valence-electron chi connectivity index (χ4n) is 2.22. The highest BCUT2D eigenvalue weighted by Crippen LogP contribution is 2.28. The number of nitrogen functional groups attached to an aromatic ring is 1. The molecule has 1 aliphatic rings. The average molecular weight is 264 g/mol. The summed E-state index contributed by atoms with van der Waals surface area (Å²) in [4.78, 5) is 11.9. The van der Waals surface area contributed by atoms with E-state index in [0.717, 1.165) is 13.0 Å². The van der Waals surface area contributed by atoms with Gasteiger partial charge in [-0.2, -0.15) is 0 Å². The Hall–Kier alpha value is -1.75. The van der Waals surface area contributed by atoms with Gasteiger partial charge in [0, 0.05) is 6.61 Å². The van der Waals surface area contributed by atoms with E-state index in [9.17, 15) is 4.79 Å². The van der Waals surface area contributed by atoms with Crippen molar-refractivity contribution in [3.63, 3.8) is 0 Å². The molecule has 1 aliphatic heterocycles. The SMILES string of the molecule is CCOC(=O)c1cccc(N)c1NC1CCOC1C. The van der Waals surface area contributed by atoms with Gasteiger partial charge in [-0.05, 0) is 32.4 Å². The number of nitrogens with one attached hydrogen (secondary N) is 1. The van der Waals surface area contributed by atoms with Gasteiger partial charge in [0.15, 0.2) is 0 Å². The Morgan fingerprint density at radius 2 is 2.37 bits per heavy atom. The third-order valence-electron chi connectivity index (χ3n) is 3.30. The molecule has 5 heteroatoms. The summed E-state index contributed by atoms with van der Waals surface area (Å²) in [5.74, 6) is -0.358. The van der Waals surface area contributed by atoms with Gasteiger partial charge in [0.25, 0.3) is 0 Å². The first-order valence-corrected chi connectivity index (χ1v) is 6.57. The number of nitrogens with two attached hydrogens (primary N) is 1. The number of hydrogen-bond donors (Lipinski definition) is 2. The summed E-state index contributed by atoms with van der Waals surface area (Å²) in [5.41, 5.74) is 7.63. The van der Waals surface area contributed by atoms with Crippen molar-refractivity contribution >= 4 is 17.3 Å². The van der Waals surface area contributed by atoms with Gasteiger partial charge in [0.05, 0.1) is 35.7 Å². The number of esters is 1. The minimum Gasteiger partial charge on any atom is -0.462 e. The van der Waals surface area contributed by atoms with Gasteiger partial charge in [-0.3, -0.25) is 0 Å². The zero-order valence-corrected chi connectivity index (χ0v) is 11.3. The van der Waals surface area contributed by atoms with Crippen LogP contribution in [0.4, 0.5) is 11.4 Å². The molecule has 2 atom stereocenters. The first-order valence-electron chi connectivity index (χ1n) is 6.57.